The summed E-state index contributed by atoms with van der Waals surface area (Å²) in [5, 5.41) is 18.2. The fourth-order valence-electron chi connectivity index (χ4n) is 1.52. The molecule has 4 nitrogen and oxygen atoms in total. The second-order valence-corrected chi connectivity index (χ2v) is 4.08. The number of aliphatic carboxylic acids is 1. The van der Waals surface area contributed by atoms with Gasteiger partial charge >= 0.3 is 5.97 Å². The molecule has 0 aliphatic carbocycles. The van der Waals surface area contributed by atoms with Crippen LogP contribution in [-0.2, 0) is 9.53 Å². The smallest absolute Gasteiger partial charge is 0.333 e. The van der Waals surface area contributed by atoms with Crippen LogP contribution in [0.4, 0.5) is 0 Å². The number of ether oxygens (including phenoxy) is 1. The molecule has 0 amide bonds. The molecule has 0 bridgehead atoms. The number of carbonyl (C=O) groups is 1. The van der Waals surface area contributed by atoms with Crippen molar-refractivity contribution in [1.82, 2.24) is 0 Å². The normalized spacial score (nSPS) is 19.5. The molecule has 2 N–H and O–H groups in total. The molecule has 0 aromatic heterocycles. The summed E-state index contributed by atoms with van der Waals surface area (Å²) in [5.41, 5.74) is 0.102. The van der Waals surface area contributed by atoms with Gasteiger partial charge in [0.25, 0.3) is 0 Å². The number of hydrogen-bond donors (Lipinski definition) is 2. The lowest BCUT2D eigenvalue weighted by molar-refractivity contribution is -0.151. The van der Waals surface area contributed by atoms with Crippen molar-refractivity contribution in [3.05, 3.63) is 11.8 Å². The van der Waals surface area contributed by atoms with E-state index in [1.807, 2.05) is 0 Å². The lowest BCUT2D eigenvalue weighted by Crippen LogP contribution is -2.38. The van der Waals surface area contributed by atoms with Gasteiger partial charge in [0.05, 0.1) is 12.9 Å². The molecule has 1 heterocycles. The van der Waals surface area contributed by atoms with Crippen molar-refractivity contribution in [3.8, 4) is 0 Å². The summed E-state index contributed by atoms with van der Waals surface area (Å²) in [6, 6.07) is 0. The summed E-state index contributed by atoms with van der Waals surface area (Å²) < 4.78 is 5.13. The van der Waals surface area contributed by atoms with Crippen molar-refractivity contribution in [1.29, 1.82) is 0 Å². The first-order valence-electron chi connectivity index (χ1n) is 4.68. The third kappa shape index (κ3) is 2.07. The zero-order chi connectivity index (χ0) is 10.8. The van der Waals surface area contributed by atoms with Crippen LogP contribution in [0.25, 0.3) is 0 Å². The average Bonchev–Trinajstić information content (AvgIpc) is 2.18. The lowest BCUT2D eigenvalue weighted by atomic mass is 9.77. The summed E-state index contributed by atoms with van der Waals surface area (Å²) in [6.45, 7) is 4.10. The van der Waals surface area contributed by atoms with Crippen molar-refractivity contribution in [2.75, 3.05) is 6.61 Å². The van der Waals surface area contributed by atoms with Crippen molar-refractivity contribution >= 4 is 5.97 Å². The third-order valence-electron chi connectivity index (χ3n) is 2.68. The molecular formula is C10H16O4. The Morgan fingerprint density at radius 3 is 2.71 bits per heavy atom. The van der Waals surface area contributed by atoms with E-state index in [9.17, 15) is 9.90 Å². The molecule has 1 rings (SSSR count). The van der Waals surface area contributed by atoms with E-state index in [0.29, 0.717) is 6.61 Å². The average molecular weight is 200 g/mol. The quantitative estimate of drug-likeness (QED) is 0.717. The van der Waals surface area contributed by atoms with Crippen LogP contribution in [0, 0.1) is 5.41 Å². The van der Waals surface area contributed by atoms with E-state index in [4.69, 9.17) is 9.84 Å². The molecule has 0 fully saturated rings. The minimum absolute atomic E-state index is 0.669. The predicted octanol–water partition coefficient (Wildman–Crippen LogP) is 1.15. The Bertz CT molecular complexity index is 255. The summed E-state index contributed by atoms with van der Waals surface area (Å²) in [6.07, 6.45) is 1.87. The lowest BCUT2D eigenvalue weighted by Gasteiger charge is -2.32. The number of rotatable bonds is 3. The van der Waals surface area contributed by atoms with Gasteiger partial charge in [-0.3, -0.25) is 0 Å². The van der Waals surface area contributed by atoms with Gasteiger partial charge in [-0.1, -0.05) is 13.8 Å². The highest BCUT2D eigenvalue weighted by Crippen LogP contribution is 2.35. The second kappa shape index (κ2) is 4.00. The fraction of sp³-hybridized carbons (Fsp3) is 0.700. The Balaban J connectivity index is 2.82. The van der Waals surface area contributed by atoms with Gasteiger partial charge in [0.1, 0.15) is 0 Å². The first kappa shape index (κ1) is 11.0. The Morgan fingerprint density at radius 1 is 1.64 bits per heavy atom. The maximum atomic E-state index is 10.7. The number of carboxylic acid groups (broad SMARTS) is 1. The third-order valence-corrected chi connectivity index (χ3v) is 2.68. The molecule has 1 unspecified atom stereocenters. The van der Waals surface area contributed by atoms with Crippen molar-refractivity contribution < 1.29 is 19.7 Å². The van der Waals surface area contributed by atoms with Crippen molar-refractivity contribution in [2.24, 2.45) is 5.41 Å². The van der Waals surface area contributed by atoms with Gasteiger partial charge in [0.2, 0.25) is 0 Å². The van der Waals surface area contributed by atoms with Gasteiger partial charge < -0.3 is 14.9 Å². The molecule has 80 valence electrons. The van der Waals surface area contributed by atoms with Gasteiger partial charge in [0.15, 0.2) is 6.10 Å². The number of hydrogen-bond acceptors (Lipinski definition) is 3. The number of aliphatic hydroxyl groups is 1. The first-order chi connectivity index (χ1) is 6.46. The van der Waals surface area contributed by atoms with Crippen molar-refractivity contribution in [2.45, 2.75) is 32.8 Å². The summed E-state index contributed by atoms with van der Waals surface area (Å²) in [5.74, 6) is -1.19. The minimum atomic E-state index is -1.38. The van der Waals surface area contributed by atoms with E-state index < -0.39 is 17.5 Å². The molecule has 4 heteroatoms. The molecule has 0 aromatic carbocycles. The molecule has 1 aliphatic heterocycles. The highest BCUT2D eigenvalue weighted by molar-refractivity contribution is 5.73. The second-order valence-electron chi connectivity index (χ2n) is 4.08. The van der Waals surface area contributed by atoms with Crippen LogP contribution in [-0.4, -0.2) is 28.9 Å². The summed E-state index contributed by atoms with van der Waals surface area (Å²) in [4.78, 5) is 10.7. The maximum Gasteiger partial charge on any atom is 0.333 e. The largest absolute Gasteiger partial charge is 0.501 e. The molecule has 0 saturated heterocycles. The van der Waals surface area contributed by atoms with Crippen molar-refractivity contribution in [3.63, 3.8) is 0 Å². The SMILES string of the molecule is CC(C)(C1=COCCC1)C(O)C(=O)O. The topological polar surface area (TPSA) is 66.8 Å². The van der Waals surface area contributed by atoms with Gasteiger partial charge in [-0.15, -0.1) is 0 Å². The molecule has 1 atom stereocenters. The molecule has 0 spiro atoms. The standard InChI is InChI=1S/C10H16O4/c1-10(2,8(11)9(12)13)7-4-3-5-14-6-7/h6,8,11H,3-5H2,1-2H3,(H,12,13). The summed E-state index contributed by atoms with van der Waals surface area (Å²) in [7, 11) is 0. The fourth-order valence-corrected chi connectivity index (χ4v) is 1.52. The van der Waals surface area contributed by atoms with Gasteiger partial charge in [0, 0.05) is 5.41 Å². The molecular weight excluding hydrogens is 184 g/mol. The van der Waals surface area contributed by atoms with Gasteiger partial charge in [-0.2, -0.15) is 0 Å². The van der Waals surface area contributed by atoms with Crippen LogP contribution in [0.1, 0.15) is 26.7 Å². The van der Waals surface area contributed by atoms with Crippen LogP contribution in [0.15, 0.2) is 11.8 Å². The van der Waals surface area contributed by atoms with E-state index in [1.165, 1.54) is 0 Å². The van der Waals surface area contributed by atoms with Crippen LogP contribution in [0.5, 0.6) is 0 Å². The van der Waals surface area contributed by atoms with E-state index in [0.717, 1.165) is 18.4 Å². The Labute approximate surface area is 83.2 Å². The Hall–Kier alpha value is -1.03. The van der Waals surface area contributed by atoms with E-state index in [1.54, 1.807) is 20.1 Å². The maximum absolute atomic E-state index is 10.7. The number of carboxylic acids is 1. The van der Waals surface area contributed by atoms with Crippen LogP contribution in [0.2, 0.25) is 0 Å². The van der Waals surface area contributed by atoms with E-state index in [-0.39, 0.29) is 0 Å². The monoisotopic (exact) mass is 200 g/mol. The molecule has 0 aromatic rings. The van der Waals surface area contributed by atoms with Crippen LogP contribution < -0.4 is 0 Å². The van der Waals surface area contributed by atoms with Gasteiger partial charge in [-0.25, -0.2) is 4.79 Å². The van der Waals surface area contributed by atoms with Crippen LogP contribution in [0.3, 0.4) is 0 Å². The van der Waals surface area contributed by atoms with E-state index >= 15 is 0 Å². The molecule has 1 aliphatic rings. The van der Waals surface area contributed by atoms with E-state index in [2.05, 4.69) is 0 Å². The number of aliphatic hydroxyl groups excluding tert-OH is 1. The Kier molecular flexibility index (Phi) is 3.16. The summed E-state index contributed by atoms with van der Waals surface area (Å²) >= 11 is 0. The molecule has 0 saturated carbocycles. The zero-order valence-electron chi connectivity index (χ0n) is 8.49. The predicted molar refractivity (Wildman–Crippen MR) is 50.7 cm³/mol. The highest BCUT2D eigenvalue weighted by atomic mass is 16.5. The Morgan fingerprint density at radius 2 is 2.29 bits per heavy atom. The van der Waals surface area contributed by atoms with Gasteiger partial charge in [-0.05, 0) is 18.4 Å². The highest BCUT2D eigenvalue weighted by Gasteiger charge is 2.37. The van der Waals surface area contributed by atoms with Crippen LogP contribution >= 0.6 is 0 Å². The molecule has 14 heavy (non-hydrogen) atoms. The molecule has 0 radical (unpaired) electrons. The zero-order valence-corrected chi connectivity index (χ0v) is 8.49. The minimum Gasteiger partial charge on any atom is -0.501 e. The first-order valence-corrected chi connectivity index (χ1v) is 4.68.